The molecule has 0 aromatic rings. The molecular weight excluding hydrogens is 192 g/mol. The molecular formula is C8H16O2S2. The van der Waals surface area contributed by atoms with Crippen LogP contribution >= 0.6 is 12.6 Å². The maximum absolute atomic E-state index is 11.2. The molecule has 1 aliphatic carbocycles. The smallest absolute Gasteiger partial charge is 0.150 e. The van der Waals surface area contributed by atoms with Crippen molar-refractivity contribution in [3.8, 4) is 0 Å². The fraction of sp³-hybridized carbons (Fsp3) is 1.00. The van der Waals surface area contributed by atoms with Crippen LogP contribution in [0.1, 0.15) is 25.7 Å². The number of hydrogen-bond donors (Lipinski definition) is 1. The van der Waals surface area contributed by atoms with Crippen molar-refractivity contribution in [3.63, 3.8) is 0 Å². The Morgan fingerprint density at radius 2 is 2.08 bits per heavy atom. The summed E-state index contributed by atoms with van der Waals surface area (Å²) in [6, 6.07) is 0. The number of rotatable bonds is 2. The van der Waals surface area contributed by atoms with Crippen molar-refractivity contribution < 1.29 is 8.42 Å². The first-order valence-electron chi connectivity index (χ1n) is 4.33. The van der Waals surface area contributed by atoms with Crippen LogP contribution in [0.3, 0.4) is 0 Å². The van der Waals surface area contributed by atoms with Gasteiger partial charge in [-0.25, -0.2) is 8.42 Å². The van der Waals surface area contributed by atoms with Gasteiger partial charge < -0.3 is 0 Å². The number of thiol groups is 1. The average Bonchev–Trinajstić information content (AvgIpc) is 2.03. The Labute approximate surface area is 80.1 Å². The zero-order valence-corrected chi connectivity index (χ0v) is 9.07. The van der Waals surface area contributed by atoms with Crippen LogP contribution in [-0.2, 0) is 9.84 Å². The molecule has 0 spiro atoms. The lowest BCUT2D eigenvalue weighted by molar-refractivity contribution is 0.389. The second kappa shape index (κ2) is 4.01. The highest BCUT2D eigenvalue weighted by molar-refractivity contribution is 7.91. The van der Waals surface area contributed by atoms with Crippen molar-refractivity contribution in [3.05, 3.63) is 0 Å². The minimum atomic E-state index is -2.80. The van der Waals surface area contributed by atoms with Crippen molar-refractivity contribution in [2.24, 2.45) is 5.92 Å². The molecule has 2 atom stereocenters. The van der Waals surface area contributed by atoms with Gasteiger partial charge in [0.15, 0.2) is 0 Å². The van der Waals surface area contributed by atoms with Gasteiger partial charge >= 0.3 is 0 Å². The standard InChI is InChI=1S/C8H16O2S2/c1-12(9,10)8-4-2-3-7(5-8)6-11/h7-8,11H,2-6H2,1H3. The predicted molar refractivity (Wildman–Crippen MR) is 54.4 cm³/mol. The van der Waals surface area contributed by atoms with Crippen LogP contribution < -0.4 is 0 Å². The molecule has 72 valence electrons. The topological polar surface area (TPSA) is 34.1 Å². The van der Waals surface area contributed by atoms with Crippen LogP contribution in [-0.4, -0.2) is 25.7 Å². The van der Waals surface area contributed by atoms with E-state index in [0.29, 0.717) is 5.92 Å². The Morgan fingerprint density at radius 1 is 1.42 bits per heavy atom. The van der Waals surface area contributed by atoms with E-state index in [9.17, 15) is 8.42 Å². The zero-order valence-electron chi connectivity index (χ0n) is 7.36. The first kappa shape index (κ1) is 10.4. The van der Waals surface area contributed by atoms with Gasteiger partial charge in [-0.3, -0.25) is 0 Å². The van der Waals surface area contributed by atoms with Gasteiger partial charge in [-0.15, -0.1) is 0 Å². The maximum atomic E-state index is 11.2. The molecule has 1 saturated carbocycles. The monoisotopic (exact) mass is 208 g/mol. The Morgan fingerprint density at radius 3 is 2.58 bits per heavy atom. The zero-order chi connectivity index (χ0) is 9.19. The molecule has 1 aliphatic rings. The van der Waals surface area contributed by atoms with Crippen LogP contribution in [0, 0.1) is 5.92 Å². The molecule has 1 fully saturated rings. The molecule has 0 heterocycles. The number of sulfone groups is 1. The van der Waals surface area contributed by atoms with E-state index in [1.807, 2.05) is 0 Å². The summed E-state index contributed by atoms with van der Waals surface area (Å²) in [6.45, 7) is 0. The Balaban J connectivity index is 2.58. The highest BCUT2D eigenvalue weighted by atomic mass is 32.2. The van der Waals surface area contributed by atoms with Crippen LogP contribution in [0.5, 0.6) is 0 Å². The molecule has 0 aromatic carbocycles. The van der Waals surface area contributed by atoms with Gasteiger partial charge in [0.2, 0.25) is 0 Å². The fourth-order valence-corrected chi connectivity index (χ4v) is 3.34. The maximum Gasteiger partial charge on any atom is 0.150 e. The van der Waals surface area contributed by atoms with E-state index in [1.54, 1.807) is 0 Å². The summed E-state index contributed by atoms with van der Waals surface area (Å²) >= 11 is 4.21. The minimum Gasteiger partial charge on any atom is -0.229 e. The molecule has 2 unspecified atom stereocenters. The summed E-state index contributed by atoms with van der Waals surface area (Å²) in [4.78, 5) is 0. The molecule has 2 nitrogen and oxygen atoms in total. The van der Waals surface area contributed by atoms with E-state index in [4.69, 9.17) is 0 Å². The highest BCUT2D eigenvalue weighted by Crippen LogP contribution is 2.28. The van der Waals surface area contributed by atoms with Crippen LogP contribution in [0.4, 0.5) is 0 Å². The second-order valence-electron chi connectivity index (χ2n) is 3.67. The molecule has 0 bridgehead atoms. The summed E-state index contributed by atoms with van der Waals surface area (Å²) in [5.41, 5.74) is 0. The third-order valence-electron chi connectivity index (χ3n) is 2.60. The van der Waals surface area contributed by atoms with E-state index in [0.717, 1.165) is 31.4 Å². The second-order valence-corrected chi connectivity index (χ2v) is 6.36. The van der Waals surface area contributed by atoms with Gasteiger partial charge in [-0.05, 0) is 30.9 Å². The van der Waals surface area contributed by atoms with Gasteiger partial charge in [-0.1, -0.05) is 6.42 Å². The van der Waals surface area contributed by atoms with E-state index >= 15 is 0 Å². The van der Waals surface area contributed by atoms with E-state index in [1.165, 1.54) is 6.26 Å². The molecule has 0 saturated heterocycles. The van der Waals surface area contributed by atoms with Crippen molar-refractivity contribution in [2.45, 2.75) is 30.9 Å². The molecule has 0 aliphatic heterocycles. The van der Waals surface area contributed by atoms with Crippen molar-refractivity contribution in [2.75, 3.05) is 12.0 Å². The molecule has 1 rings (SSSR count). The molecule has 12 heavy (non-hydrogen) atoms. The molecule has 0 aromatic heterocycles. The van der Waals surface area contributed by atoms with Gasteiger partial charge in [0.05, 0.1) is 5.25 Å². The van der Waals surface area contributed by atoms with E-state index < -0.39 is 9.84 Å². The van der Waals surface area contributed by atoms with Gasteiger partial charge in [0, 0.05) is 6.26 Å². The summed E-state index contributed by atoms with van der Waals surface area (Å²) in [6.07, 6.45) is 5.21. The summed E-state index contributed by atoms with van der Waals surface area (Å²) in [5.74, 6) is 1.34. The first-order valence-corrected chi connectivity index (χ1v) is 6.92. The van der Waals surface area contributed by atoms with Gasteiger partial charge in [0.1, 0.15) is 9.84 Å². The lowest BCUT2D eigenvalue weighted by Crippen LogP contribution is -2.27. The third-order valence-corrected chi connectivity index (χ3v) is 4.75. The Bertz CT molecular complexity index is 233. The normalized spacial score (nSPS) is 31.8. The van der Waals surface area contributed by atoms with E-state index in [-0.39, 0.29) is 5.25 Å². The first-order chi connectivity index (χ1) is 5.54. The largest absolute Gasteiger partial charge is 0.229 e. The van der Waals surface area contributed by atoms with Crippen molar-refractivity contribution in [1.29, 1.82) is 0 Å². The summed E-state index contributed by atoms with van der Waals surface area (Å²) < 4.78 is 22.4. The number of hydrogen-bond acceptors (Lipinski definition) is 3. The van der Waals surface area contributed by atoms with Crippen LogP contribution in [0.2, 0.25) is 0 Å². The third kappa shape index (κ3) is 2.66. The molecule has 4 heteroatoms. The lowest BCUT2D eigenvalue weighted by atomic mass is 9.90. The van der Waals surface area contributed by atoms with E-state index in [2.05, 4.69) is 12.6 Å². The van der Waals surface area contributed by atoms with Crippen LogP contribution in [0.25, 0.3) is 0 Å². The SMILES string of the molecule is CS(=O)(=O)C1CCCC(CS)C1. The average molecular weight is 208 g/mol. The Kier molecular flexibility index (Phi) is 3.47. The highest BCUT2D eigenvalue weighted by Gasteiger charge is 2.27. The lowest BCUT2D eigenvalue weighted by Gasteiger charge is -2.26. The minimum absolute atomic E-state index is 0.0941. The van der Waals surface area contributed by atoms with Gasteiger partial charge in [-0.2, -0.15) is 12.6 Å². The van der Waals surface area contributed by atoms with Crippen LogP contribution in [0.15, 0.2) is 0 Å². The molecule has 0 radical (unpaired) electrons. The molecule has 0 N–H and O–H groups in total. The van der Waals surface area contributed by atoms with Crippen molar-refractivity contribution >= 4 is 22.5 Å². The quantitative estimate of drug-likeness (QED) is 0.698. The summed E-state index contributed by atoms with van der Waals surface area (Å²) in [7, 11) is -2.80. The van der Waals surface area contributed by atoms with Gasteiger partial charge in [0.25, 0.3) is 0 Å². The molecule has 0 amide bonds. The fourth-order valence-electron chi connectivity index (χ4n) is 1.80. The Hall–Kier alpha value is 0.300. The summed E-state index contributed by atoms with van der Waals surface area (Å²) in [5, 5.41) is -0.0941. The van der Waals surface area contributed by atoms with Crippen molar-refractivity contribution in [1.82, 2.24) is 0 Å². The predicted octanol–water partition coefficient (Wildman–Crippen LogP) is 1.52.